The van der Waals surface area contributed by atoms with Crippen molar-refractivity contribution in [3.63, 3.8) is 0 Å². The smallest absolute Gasteiger partial charge is 0.325 e. The first kappa shape index (κ1) is 14.8. The molecule has 1 aromatic rings. The zero-order chi connectivity index (χ0) is 16.4. The van der Waals surface area contributed by atoms with E-state index in [-0.39, 0.29) is 27.9 Å². The van der Waals surface area contributed by atoms with E-state index >= 15 is 0 Å². The van der Waals surface area contributed by atoms with Crippen LogP contribution in [0.25, 0.3) is 0 Å². The monoisotopic (exact) mass is 337 g/mol. The summed E-state index contributed by atoms with van der Waals surface area (Å²) >= 11 is 5.69. The predicted octanol–water partition coefficient (Wildman–Crippen LogP) is 2.52. The molecule has 1 saturated heterocycles. The van der Waals surface area contributed by atoms with E-state index in [2.05, 4.69) is 0 Å². The Bertz CT molecular complexity index is 704. The summed E-state index contributed by atoms with van der Waals surface area (Å²) in [5.74, 6) is -0.800. The molecule has 0 unspecified atom stereocenters. The SMILES string of the molecule is NC(=O)CC12CC(N3CCN(c4ccc(Cl)c(F)c4)C3=O)(C1)C2. The van der Waals surface area contributed by atoms with Crippen LogP contribution in [-0.4, -0.2) is 35.5 Å². The summed E-state index contributed by atoms with van der Waals surface area (Å²) in [5.41, 5.74) is 5.71. The van der Waals surface area contributed by atoms with Gasteiger partial charge in [-0.05, 0) is 42.9 Å². The summed E-state index contributed by atoms with van der Waals surface area (Å²) in [4.78, 5) is 27.3. The lowest BCUT2D eigenvalue weighted by atomic mass is 9.38. The Morgan fingerprint density at radius 1 is 1.30 bits per heavy atom. The van der Waals surface area contributed by atoms with Gasteiger partial charge in [-0.15, -0.1) is 0 Å². The molecule has 2 bridgehead atoms. The number of amides is 3. The molecule has 7 heteroatoms. The molecule has 23 heavy (non-hydrogen) atoms. The highest BCUT2D eigenvalue weighted by atomic mass is 35.5. The van der Waals surface area contributed by atoms with Gasteiger partial charge >= 0.3 is 6.03 Å². The van der Waals surface area contributed by atoms with E-state index < -0.39 is 5.82 Å². The molecule has 0 spiro atoms. The van der Waals surface area contributed by atoms with Crippen molar-refractivity contribution in [2.24, 2.45) is 11.1 Å². The van der Waals surface area contributed by atoms with Gasteiger partial charge in [-0.25, -0.2) is 9.18 Å². The van der Waals surface area contributed by atoms with E-state index in [0.717, 1.165) is 19.3 Å². The summed E-state index contributed by atoms with van der Waals surface area (Å²) < 4.78 is 13.6. The third-order valence-electron chi connectivity index (χ3n) is 5.46. The Hall–Kier alpha value is -1.82. The van der Waals surface area contributed by atoms with E-state index in [1.54, 1.807) is 11.0 Å². The van der Waals surface area contributed by atoms with Crippen LogP contribution in [0.1, 0.15) is 25.7 Å². The van der Waals surface area contributed by atoms with Gasteiger partial charge < -0.3 is 10.6 Å². The average molecular weight is 338 g/mol. The predicted molar refractivity (Wildman–Crippen MR) is 83.7 cm³/mol. The van der Waals surface area contributed by atoms with Crippen molar-refractivity contribution < 1.29 is 14.0 Å². The third kappa shape index (κ3) is 2.04. The van der Waals surface area contributed by atoms with E-state index in [0.29, 0.717) is 25.2 Å². The molecule has 1 aliphatic heterocycles. The lowest BCUT2D eigenvalue weighted by molar-refractivity contribution is -0.202. The zero-order valence-corrected chi connectivity index (χ0v) is 13.3. The fourth-order valence-corrected chi connectivity index (χ4v) is 4.77. The van der Waals surface area contributed by atoms with Crippen LogP contribution in [0.3, 0.4) is 0 Å². The molecule has 5 rings (SSSR count). The third-order valence-corrected chi connectivity index (χ3v) is 5.76. The van der Waals surface area contributed by atoms with Gasteiger partial charge in [0.25, 0.3) is 0 Å². The van der Waals surface area contributed by atoms with E-state index in [9.17, 15) is 14.0 Å². The molecule has 122 valence electrons. The number of hydrogen-bond acceptors (Lipinski definition) is 2. The van der Waals surface area contributed by atoms with Crippen LogP contribution in [-0.2, 0) is 4.79 Å². The fourth-order valence-electron chi connectivity index (χ4n) is 4.65. The van der Waals surface area contributed by atoms with E-state index in [1.165, 1.54) is 12.1 Å². The minimum absolute atomic E-state index is 0.0198. The topological polar surface area (TPSA) is 66.6 Å². The summed E-state index contributed by atoms with van der Waals surface area (Å²) in [7, 11) is 0. The molecular weight excluding hydrogens is 321 g/mol. The van der Waals surface area contributed by atoms with Crippen molar-refractivity contribution in [2.75, 3.05) is 18.0 Å². The van der Waals surface area contributed by atoms with Gasteiger partial charge in [0, 0.05) is 30.7 Å². The van der Waals surface area contributed by atoms with Crippen LogP contribution in [0.15, 0.2) is 18.2 Å². The minimum atomic E-state index is -0.527. The number of urea groups is 1. The van der Waals surface area contributed by atoms with Crippen molar-refractivity contribution in [3.05, 3.63) is 29.0 Å². The minimum Gasteiger partial charge on any atom is -0.370 e. The first-order valence-corrected chi connectivity index (χ1v) is 8.05. The number of hydrogen-bond donors (Lipinski definition) is 1. The van der Waals surface area contributed by atoms with Crippen LogP contribution in [0.4, 0.5) is 14.9 Å². The number of nitrogens with zero attached hydrogens (tertiary/aromatic N) is 2. The Labute approximate surface area is 138 Å². The first-order valence-electron chi connectivity index (χ1n) is 7.67. The Kier molecular flexibility index (Phi) is 2.95. The van der Waals surface area contributed by atoms with Gasteiger partial charge in [-0.1, -0.05) is 11.6 Å². The molecule has 0 atom stereocenters. The molecule has 2 N–H and O–H groups in total. The van der Waals surface area contributed by atoms with Crippen molar-refractivity contribution in [1.29, 1.82) is 0 Å². The molecule has 3 aliphatic carbocycles. The number of rotatable bonds is 4. The fraction of sp³-hybridized carbons (Fsp3) is 0.500. The highest BCUT2D eigenvalue weighted by Crippen LogP contribution is 2.71. The number of nitrogens with two attached hydrogens (primary N) is 1. The lowest BCUT2D eigenvalue weighted by Gasteiger charge is -2.73. The largest absolute Gasteiger partial charge is 0.370 e. The van der Waals surface area contributed by atoms with Crippen LogP contribution >= 0.6 is 11.6 Å². The number of carbonyl (C=O) groups is 2. The summed E-state index contributed by atoms with van der Waals surface area (Å²) in [6.07, 6.45) is 2.94. The van der Waals surface area contributed by atoms with Gasteiger partial charge in [0.15, 0.2) is 0 Å². The van der Waals surface area contributed by atoms with Gasteiger partial charge in [0.1, 0.15) is 5.82 Å². The standard InChI is InChI=1S/C16H17ClFN3O2/c17-11-2-1-10(5-12(11)18)20-3-4-21(14(20)23)16-7-15(8-16,9-16)6-13(19)22/h1-2,5H,3-4,6-9H2,(H2,19,22). The van der Waals surface area contributed by atoms with E-state index in [1.807, 2.05) is 4.90 Å². The van der Waals surface area contributed by atoms with Gasteiger partial charge in [0.2, 0.25) is 5.91 Å². The molecule has 1 heterocycles. The normalized spacial score (nSPS) is 31.8. The Morgan fingerprint density at radius 2 is 2.00 bits per heavy atom. The maximum Gasteiger partial charge on any atom is 0.325 e. The molecule has 5 nitrogen and oxygen atoms in total. The average Bonchev–Trinajstić information content (AvgIpc) is 2.77. The quantitative estimate of drug-likeness (QED) is 0.917. The van der Waals surface area contributed by atoms with Gasteiger partial charge in [-0.2, -0.15) is 0 Å². The highest BCUT2D eigenvalue weighted by molar-refractivity contribution is 6.30. The number of benzene rings is 1. The first-order chi connectivity index (χ1) is 10.8. The number of anilines is 1. The van der Waals surface area contributed by atoms with Crippen molar-refractivity contribution in [1.82, 2.24) is 4.90 Å². The lowest BCUT2D eigenvalue weighted by Crippen LogP contribution is -2.75. The Morgan fingerprint density at radius 3 is 2.61 bits per heavy atom. The zero-order valence-electron chi connectivity index (χ0n) is 12.5. The second-order valence-corrected chi connectivity index (χ2v) is 7.49. The molecule has 1 aromatic carbocycles. The molecular formula is C16H17ClFN3O2. The summed E-state index contributed by atoms with van der Waals surface area (Å²) in [5, 5.41) is 0.0464. The molecule has 3 amide bonds. The summed E-state index contributed by atoms with van der Waals surface area (Å²) in [6.45, 7) is 1.15. The molecule has 3 saturated carbocycles. The van der Waals surface area contributed by atoms with Crippen LogP contribution in [0.5, 0.6) is 0 Å². The van der Waals surface area contributed by atoms with Crippen molar-refractivity contribution >= 4 is 29.2 Å². The maximum atomic E-state index is 13.6. The van der Waals surface area contributed by atoms with Crippen LogP contribution in [0, 0.1) is 11.2 Å². The van der Waals surface area contributed by atoms with Gasteiger partial charge in [0.05, 0.1) is 5.02 Å². The van der Waals surface area contributed by atoms with Crippen molar-refractivity contribution in [2.45, 2.75) is 31.2 Å². The second kappa shape index (κ2) is 4.60. The van der Waals surface area contributed by atoms with Crippen LogP contribution in [0.2, 0.25) is 5.02 Å². The number of halogens is 2. The molecule has 0 aromatic heterocycles. The van der Waals surface area contributed by atoms with Crippen LogP contribution < -0.4 is 10.6 Å². The van der Waals surface area contributed by atoms with Crippen molar-refractivity contribution in [3.8, 4) is 0 Å². The summed E-state index contributed by atoms with van der Waals surface area (Å²) in [6, 6.07) is 4.31. The Balaban J connectivity index is 1.47. The highest BCUT2D eigenvalue weighted by Gasteiger charge is 2.71. The van der Waals surface area contributed by atoms with Gasteiger partial charge in [-0.3, -0.25) is 9.69 Å². The molecule has 0 radical (unpaired) electrons. The molecule has 4 fully saturated rings. The van der Waals surface area contributed by atoms with E-state index in [4.69, 9.17) is 17.3 Å². The maximum absolute atomic E-state index is 13.6. The molecule has 4 aliphatic rings. The number of carbonyl (C=O) groups excluding carboxylic acids is 2. The number of primary amides is 1. The second-order valence-electron chi connectivity index (χ2n) is 7.08.